The standard InChI is InChI=1S/C16H26N2O2/c1-11(2)13-6-5-7-14(10-13)20-9-8-15(16(17)19)18-12(3)4/h5-7,10-12,15,18H,8-9H2,1-4H3,(H2,17,19). The van der Waals surface area contributed by atoms with E-state index in [0.717, 1.165) is 5.75 Å². The number of carbonyl (C=O) groups excluding carboxylic acids is 1. The molecular formula is C16H26N2O2. The van der Waals surface area contributed by atoms with E-state index >= 15 is 0 Å². The monoisotopic (exact) mass is 278 g/mol. The van der Waals surface area contributed by atoms with Crippen molar-refractivity contribution in [2.75, 3.05) is 6.61 Å². The van der Waals surface area contributed by atoms with Crippen LogP contribution >= 0.6 is 0 Å². The molecule has 0 fully saturated rings. The molecule has 4 nitrogen and oxygen atoms in total. The number of hydrogen-bond acceptors (Lipinski definition) is 3. The van der Waals surface area contributed by atoms with E-state index in [2.05, 4.69) is 25.2 Å². The topological polar surface area (TPSA) is 64.3 Å². The molecule has 0 bridgehead atoms. The lowest BCUT2D eigenvalue weighted by atomic mass is 10.0. The molecule has 0 aliphatic heterocycles. The van der Waals surface area contributed by atoms with Crippen molar-refractivity contribution >= 4 is 5.91 Å². The number of ether oxygens (including phenoxy) is 1. The average Bonchev–Trinajstić information content (AvgIpc) is 2.37. The second-order valence-electron chi connectivity index (χ2n) is 5.64. The van der Waals surface area contributed by atoms with Gasteiger partial charge in [-0.2, -0.15) is 0 Å². The second kappa shape index (κ2) is 7.90. The number of nitrogens with two attached hydrogens (primary N) is 1. The van der Waals surface area contributed by atoms with E-state index in [4.69, 9.17) is 10.5 Å². The molecule has 0 aromatic heterocycles. The van der Waals surface area contributed by atoms with Crippen molar-refractivity contribution in [2.45, 2.75) is 52.1 Å². The van der Waals surface area contributed by atoms with Crippen LogP contribution in [0.4, 0.5) is 0 Å². The van der Waals surface area contributed by atoms with Gasteiger partial charge in [0.05, 0.1) is 12.6 Å². The van der Waals surface area contributed by atoms with Crippen LogP contribution in [0.15, 0.2) is 24.3 Å². The lowest BCUT2D eigenvalue weighted by Crippen LogP contribution is -2.45. The number of hydrogen-bond donors (Lipinski definition) is 2. The highest BCUT2D eigenvalue weighted by molar-refractivity contribution is 5.79. The zero-order chi connectivity index (χ0) is 15.1. The molecule has 0 spiro atoms. The van der Waals surface area contributed by atoms with Crippen molar-refractivity contribution in [2.24, 2.45) is 5.73 Å². The molecule has 1 aromatic carbocycles. The van der Waals surface area contributed by atoms with Gasteiger partial charge < -0.3 is 15.8 Å². The van der Waals surface area contributed by atoms with Crippen LogP contribution in [0.1, 0.15) is 45.6 Å². The quantitative estimate of drug-likeness (QED) is 0.767. The number of carbonyl (C=O) groups is 1. The van der Waals surface area contributed by atoms with Gasteiger partial charge in [-0.05, 0) is 23.6 Å². The molecule has 0 heterocycles. The van der Waals surface area contributed by atoms with E-state index in [0.29, 0.717) is 18.9 Å². The number of primary amides is 1. The Labute approximate surface area is 121 Å². The van der Waals surface area contributed by atoms with E-state index in [1.165, 1.54) is 5.56 Å². The van der Waals surface area contributed by atoms with Crippen molar-refractivity contribution in [3.63, 3.8) is 0 Å². The fourth-order valence-electron chi connectivity index (χ4n) is 1.97. The summed E-state index contributed by atoms with van der Waals surface area (Å²) in [6, 6.07) is 7.92. The van der Waals surface area contributed by atoms with Crippen molar-refractivity contribution in [1.29, 1.82) is 0 Å². The molecule has 20 heavy (non-hydrogen) atoms. The van der Waals surface area contributed by atoms with Gasteiger partial charge in [-0.3, -0.25) is 4.79 Å². The van der Waals surface area contributed by atoms with Crippen molar-refractivity contribution in [1.82, 2.24) is 5.32 Å². The zero-order valence-corrected chi connectivity index (χ0v) is 12.8. The smallest absolute Gasteiger partial charge is 0.234 e. The lowest BCUT2D eigenvalue weighted by Gasteiger charge is -2.18. The SMILES string of the molecule is CC(C)NC(CCOc1cccc(C(C)C)c1)C(N)=O. The van der Waals surface area contributed by atoms with Gasteiger partial charge in [-0.15, -0.1) is 0 Å². The van der Waals surface area contributed by atoms with Crippen molar-refractivity contribution in [3.8, 4) is 5.75 Å². The molecule has 1 unspecified atom stereocenters. The van der Waals surface area contributed by atoms with Crippen LogP contribution in [0.2, 0.25) is 0 Å². The van der Waals surface area contributed by atoms with Gasteiger partial charge >= 0.3 is 0 Å². The van der Waals surface area contributed by atoms with Gasteiger partial charge in [-0.25, -0.2) is 0 Å². The second-order valence-corrected chi connectivity index (χ2v) is 5.64. The van der Waals surface area contributed by atoms with E-state index in [1.807, 2.05) is 32.0 Å². The first-order chi connectivity index (χ1) is 9.40. The molecule has 1 amide bonds. The molecular weight excluding hydrogens is 252 g/mol. The van der Waals surface area contributed by atoms with Crippen LogP contribution in [0.25, 0.3) is 0 Å². The highest BCUT2D eigenvalue weighted by atomic mass is 16.5. The predicted molar refractivity (Wildman–Crippen MR) is 81.9 cm³/mol. The van der Waals surface area contributed by atoms with E-state index in [-0.39, 0.29) is 18.0 Å². The first-order valence-electron chi connectivity index (χ1n) is 7.18. The largest absolute Gasteiger partial charge is 0.494 e. The molecule has 1 rings (SSSR count). The van der Waals surface area contributed by atoms with Crippen LogP contribution in [-0.2, 0) is 4.79 Å². The molecule has 0 saturated heterocycles. The minimum atomic E-state index is -0.344. The zero-order valence-electron chi connectivity index (χ0n) is 12.8. The Bertz CT molecular complexity index is 430. The molecule has 3 N–H and O–H groups in total. The summed E-state index contributed by atoms with van der Waals surface area (Å²) in [7, 11) is 0. The van der Waals surface area contributed by atoms with Gasteiger partial charge in [-0.1, -0.05) is 39.8 Å². The molecule has 1 aromatic rings. The summed E-state index contributed by atoms with van der Waals surface area (Å²) in [5, 5.41) is 3.14. The van der Waals surface area contributed by atoms with E-state index < -0.39 is 0 Å². The van der Waals surface area contributed by atoms with Crippen LogP contribution in [0, 0.1) is 0 Å². The minimum Gasteiger partial charge on any atom is -0.494 e. The van der Waals surface area contributed by atoms with Gasteiger partial charge in [0.1, 0.15) is 5.75 Å². The fraction of sp³-hybridized carbons (Fsp3) is 0.562. The normalized spacial score (nSPS) is 12.7. The van der Waals surface area contributed by atoms with Crippen LogP contribution in [-0.4, -0.2) is 24.6 Å². The first-order valence-corrected chi connectivity index (χ1v) is 7.18. The Morgan fingerprint density at radius 1 is 1.30 bits per heavy atom. The van der Waals surface area contributed by atoms with Gasteiger partial charge in [0.25, 0.3) is 0 Å². The van der Waals surface area contributed by atoms with E-state index in [1.54, 1.807) is 0 Å². The summed E-state index contributed by atoms with van der Waals surface area (Å²) in [5.74, 6) is 0.974. The van der Waals surface area contributed by atoms with Crippen LogP contribution in [0.5, 0.6) is 5.75 Å². The number of amides is 1. The van der Waals surface area contributed by atoms with Crippen LogP contribution in [0.3, 0.4) is 0 Å². The lowest BCUT2D eigenvalue weighted by molar-refractivity contribution is -0.120. The van der Waals surface area contributed by atoms with Crippen molar-refractivity contribution in [3.05, 3.63) is 29.8 Å². The number of benzene rings is 1. The highest BCUT2D eigenvalue weighted by Gasteiger charge is 2.15. The van der Waals surface area contributed by atoms with Crippen molar-refractivity contribution < 1.29 is 9.53 Å². The van der Waals surface area contributed by atoms with Gasteiger partial charge in [0.15, 0.2) is 0 Å². The minimum absolute atomic E-state index is 0.219. The molecule has 0 radical (unpaired) electrons. The van der Waals surface area contributed by atoms with E-state index in [9.17, 15) is 4.79 Å². The number of rotatable bonds is 8. The summed E-state index contributed by atoms with van der Waals surface area (Å²) in [6.45, 7) is 8.74. The molecule has 4 heteroatoms. The molecule has 0 saturated carbocycles. The number of nitrogens with one attached hydrogen (secondary N) is 1. The molecule has 0 aliphatic rings. The maximum absolute atomic E-state index is 11.3. The third-order valence-electron chi connectivity index (χ3n) is 3.08. The Hall–Kier alpha value is -1.55. The Morgan fingerprint density at radius 3 is 2.55 bits per heavy atom. The Balaban J connectivity index is 2.50. The molecule has 0 aliphatic carbocycles. The highest BCUT2D eigenvalue weighted by Crippen LogP contribution is 2.20. The fourth-order valence-corrected chi connectivity index (χ4v) is 1.97. The third-order valence-corrected chi connectivity index (χ3v) is 3.08. The predicted octanol–water partition coefficient (Wildman–Crippen LogP) is 2.43. The summed E-state index contributed by atoms with van der Waals surface area (Å²) in [4.78, 5) is 11.3. The molecule has 1 atom stereocenters. The average molecular weight is 278 g/mol. The third kappa shape index (κ3) is 5.61. The molecule has 112 valence electrons. The first kappa shape index (κ1) is 16.5. The van der Waals surface area contributed by atoms with Gasteiger partial charge in [0, 0.05) is 12.5 Å². The summed E-state index contributed by atoms with van der Waals surface area (Å²) >= 11 is 0. The Morgan fingerprint density at radius 2 is 2.00 bits per heavy atom. The summed E-state index contributed by atoms with van der Waals surface area (Å²) in [5.41, 5.74) is 6.62. The van der Waals surface area contributed by atoms with Gasteiger partial charge in [0.2, 0.25) is 5.91 Å². The summed E-state index contributed by atoms with van der Waals surface area (Å²) < 4.78 is 5.71. The summed E-state index contributed by atoms with van der Waals surface area (Å²) in [6.07, 6.45) is 0.569. The maximum atomic E-state index is 11.3. The Kier molecular flexibility index (Phi) is 6.52. The maximum Gasteiger partial charge on any atom is 0.234 e. The van der Waals surface area contributed by atoms with Crippen LogP contribution < -0.4 is 15.8 Å².